The van der Waals surface area contributed by atoms with Gasteiger partial charge in [-0.15, -0.1) is 0 Å². The SMILES string of the molecule is CCOC(=O)C=Cc1c(F)cc(F)cc1Br. The smallest absolute Gasteiger partial charge is 0.330 e. The first-order valence-electron chi connectivity index (χ1n) is 4.54. The summed E-state index contributed by atoms with van der Waals surface area (Å²) < 4.78 is 30.9. The van der Waals surface area contributed by atoms with Gasteiger partial charge in [0.25, 0.3) is 0 Å². The van der Waals surface area contributed by atoms with Crippen LogP contribution in [0.4, 0.5) is 8.78 Å². The molecule has 0 aliphatic carbocycles. The molecule has 0 aliphatic heterocycles. The number of hydrogen-bond donors (Lipinski definition) is 0. The van der Waals surface area contributed by atoms with Crippen LogP contribution in [0, 0.1) is 11.6 Å². The number of carbonyl (C=O) groups is 1. The highest BCUT2D eigenvalue weighted by Crippen LogP contribution is 2.22. The van der Waals surface area contributed by atoms with Gasteiger partial charge in [-0.1, -0.05) is 0 Å². The molecule has 1 aromatic carbocycles. The summed E-state index contributed by atoms with van der Waals surface area (Å²) in [6, 6.07) is 1.86. The normalized spacial score (nSPS) is 10.8. The lowest BCUT2D eigenvalue weighted by Gasteiger charge is -2.01. The summed E-state index contributed by atoms with van der Waals surface area (Å²) in [5, 5.41) is 0. The molecule has 0 N–H and O–H groups in total. The number of rotatable bonds is 3. The van der Waals surface area contributed by atoms with E-state index in [0.29, 0.717) is 0 Å². The average Bonchev–Trinajstić information content (AvgIpc) is 2.16. The van der Waals surface area contributed by atoms with Crippen LogP contribution in [0.15, 0.2) is 22.7 Å². The maximum Gasteiger partial charge on any atom is 0.330 e. The fourth-order valence-electron chi connectivity index (χ4n) is 1.05. The third-order valence-corrected chi connectivity index (χ3v) is 2.37. The molecule has 0 aliphatic rings. The van der Waals surface area contributed by atoms with Gasteiger partial charge in [0.2, 0.25) is 0 Å². The minimum Gasteiger partial charge on any atom is -0.463 e. The molecule has 5 heteroatoms. The Balaban J connectivity index is 2.93. The van der Waals surface area contributed by atoms with Gasteiger partial charge in [0, 0.05) is 22.2 Å². The standard InChI is InChI=1S/C11H9BrF2O2/c1-2-16-11(15)4-3-8-9(12)5-7(13)6-10(8)14/h3-6H,2H2,1H3. The van der Waals surface area contributed by atoms with E-state index in [1.165, 1.54) is 6.08 Å². The van der Waals surface area contributed by atoms with Crippen molar-refractivity contribution in [2.75, 3.05) is 6.61 Å². The topological polar surface area (TPSA) is 26.3 Å². The molecule has 0 fully saturated rings. The van der Waals surface area contributed by atoms with Gasteiger partial charge in [-0.3, -0.25) is 0 Å². The van der Waals surface area contributed by atoms with Crippen LogP contribution in [-0.4, -0.2) is 12.6 Å². The Kier molecular flexibility index (Phi) is 4.61. The molecule has 16 heavy (non-hydrogen) atoms. The van der Waals surface area contributed by atoms with Crippen LogP contribution in [0.2, 0.25) is 0 Å². The summed E-state index contributed by atoms with van der Waals surface area (Å²) in [5.41, 5.74) is 0.106. The van der Waals surface area contributed by atoms with E-state index in [-0.39, 0.29) is 16.6 Å². The fraction of sp³-hybridized carbons (Fsp3) is 0.182. The molecule has 0 unspecified atom stereocenters. The van der Waals surface area contributed by atoms with Crippen molar-refractivity contribution in [2.24, 2.45) is 0 Å². The highest BCUT2D eigenvalue weighted by molar-refractivity contribution is 9.10. The van der Waals surface area contributed by atoms with Crippen molar-refractivity contribution in [1.82, 2.24) is 0 Å². The predicted octanol–water partition coefficient (Wildman–Crippen LogP) is 3.30. The van der Waals surface area contributed by atoms with E-state index in [1.807, 2.05) is 0 Å². The summed E-state index contributed by atoms with van der Waals surface area (Å²) >= 11 is 3.00. The molecule has 0 radical (unpaired) electrons. The maximum atomic E-state index is 13.3. The third-order valence-electron chi connectivity index (χ3n) is 1.72. The highest BCUT2D eigenvalue weighted by atomic mass is 79.9. The minimum absolute atomic E-state index is 0.106. The molecule has 1 aromatic rings. The van der Waals surface area contributed by atoms with E-state index >= 15 is 0 Å². The fourth-order valence-corrected chi connectivity index (χ4v) is 1.59. The van der Waals surface area contributed by atoms with Crippen LogP contribution < -0.4 is 0 Å². The second-order valence-corrected chi connectivity index (χ2v) is 3.72. The van der Waals surface area contributed by atoms with E-state index in [1.54, 1.807) is 6.92 Å². The Bertz CT molecular complexity index is 407. The van der Waals surface area contributed by atoms with Crippen molar-refractivity contribution < 1.29 is 18.3 Å². The number of benzene rings is 1. The predicted molar refractivity (Wildman–Crippen MR) is 59.7 cm³/mol. The van der Waals surface area contributed by atoms with Crippen LogP contribution in [-0.2, 0) is 9.53 Å². The zero-order valence-electron chi connectivity index (χ0n) is 8.47. The van der Waals surface area contributed by atoms with Crippen LogP contribution >= 0.6 is 15.9 Å². The third kappa shape index (κ3) is 3.41. The Morgan fingerprint density at radius 1 is 1.50 bits per heavy atom. The van der Waals surface area contributed by atoms with Crippen LogP contribution in [0.3, 0.4) is 0 Å². The Hall–Kier alpha value is -1.23. The first kappa shape index (κ1) is 12.8. The number of hydrogen-bond acceptors (Lipinski definition) is 2. The molecule has 0 spiro atoms. The summed E-state index contributed by atoms with van der Waals surface area (Å²) in [6.07, 6.45) is 2.32. The number of halogens is 3. The summed E-state index contributed by atoms with van der Waals surface area (Å²) in [4.78, 5) is 11.0. The first-order valence-corrected chi connectivity index (χ1v) is 5.33. The quantitative estimate of drug-likeness (QED) is 0.631. The summed E-state index contributed by atoms with van der Waals surface area (Å²) in [6.45, 7) is 1.91. The average molecular weight is 291 g/mol. The molecule has 0 aromatic heterocycles. The van der Waals surface area contributed by atoms with Gasteiger partial charge in [-0.05, 0) is 35.0 Å². The lowest BCUT2D eigenvalue weighted by atomic mass is 10.2. The molecular formula is C11H9BrF2O2. The largest absolute Gasteiger partial charge is 0.463 e. The molecule has 2 nitrogen and oxygen atoms in total. The van der Waals surface area contributed by atoms with Gasteiger partial charge in [-0.25, -0.2) is 13.6 Å². The number of carbonyl (C=O) groups excluding carboxylic acids is 1. The molecule has 0 saturated heterocycles. The van der Waals surface area contributed by atoms with Crippen molar-refractivity contribution in [1.29, 1.82) is 0 Å². The van der Waals surface area contributed by atoms with Gasteiger partial charge in [0.1, 0.15) is 11.6 Å². The van der Waals surface area contributed by atoms with Crippen LogP contribution in [0.25, 0.3) is 6.08 Å². The zero-order chi connectivity index (χ0) is 12.1. The van der Waals surface area contributed by atoms with Crippen molar-refractivity contribution in [3.05, 3.63) is 39.9 Å². The monoisotopic (exact) mass is 290 g/mol. The second-order valence-electron chi connectivity index (χ2n) is 2.87. The van der Waals surface area contributed by atoms with Crippen molar-refractivity contribution in [2.45, 2.75) is 6.92 Å². The van der Waals surface area contributed by atoms with Gasteiger partial charge in [0.15, 0.2) is 0 Å². The molecule has 0 atom stereocenters. The molecule has 1 rings (SSSR count). The Morgan fingerprint density at radius 2 is 2.19 bits per heavy atom. The zero-order valence-corrected chi connectivity index (χ0v) is 10.1. The van der Waals surface area contributed by atoms with Gasteiger partial charge in [-0.2, -0.15) is 0 Å². The summed E-state index contributed by atoms with van der Waals surface area (Å²) in [7, 11) is 0. The van der Waals surface area contributed by atoms with Crippen LogP contribution in [0.1, 0.15) is 12.5 Å². The molecule has 0 heterocycles. The number of ether oxygens (including phenoxy) is 1. The van der Waals surface area contributed by atoms with Gasteiger partial charge >= 0.3 is 5.97 Å². The molecule has 0 amide bonds. The minimum atomic E-state index is -0.743. The van der Waals surface area contributed by atoms with Crippen LogP contribution in [0.5, 0.6) is 0 Å². The van der Waals surface area contributed by atoms with E-state index in [2.05, 4.69) is 20.7 Å². The van der Waals surface area contributed by atoms with E-state index in [0.717, 1.165) is 18.2 Å². The Labute approximate surface area is 100 Å². The maximum absolute atomic E-state index is 13.3. The highest BCUT2D eigenvalue weighted by Gasteiger charge is 2.07. The van der Waals surface area contributed by atoms with E-state index < -0.39 is 17.6 Å². The van der Waals surface area contributed by atoms with Crippen molar-refractivity contribution in [3.8, 4) is 0 Å². The first-order chi connectivity index (χ1) is 7.54. The van der Waals surface area contributed by atoms with Gasteiger partial charge < -0.3 is 4.74 Å². The molecule has 0 saturated carbocycles. The summed E-state index contributed by atoms with van der Waals surface area (Å²) in [5.74, 6) is -2.00. The second kappa shape index (κ2) is 5.75. The lowest BCUT2D eigenvalue weighted by molar-refractivity contribution is -0.137. The molecule has 0 bridgehead atoms. The molecule has 86 valence electrons. The van der Waals surface area contributed by atoms with Gasteiger partial charge in [0.05, 0.1) is 6.61 Å². The van der Waals surface area contributed by atoms with Crippen molar-refractivity contribution in [3.63, 3.8) is 0 Å². The molecular weight excluding hydrogens is 282 g/mol. The number of esters is 1. The van der Waals surface area contributed by atoms with E-state index in [4.69, 9.17) is 0 Å². The Morgan fingerprint density at radius 3 is 2.75 bits per heavy atom. The lowest BCUT2D eigenvalue weighted by Crippen LogP contribution is -1.99. The van der Waals surface area contributed by atoms with E-state index in [9.17, 15) is 13.6 Å². The van der Waals surface area contributed by atoms with Crippen molar-refractivity contribution >= 4 is 28.0 Å².